The number of halogens is 3. The molecule has 0 fully saturated rings. The summed E-state index contributed by atoms with van der Waals surface area (Å²) < 4.78 is 28.4. The van der Waals surface area contributed by atoms with E-state index in [2.05, 4.69) is 11.1 Å². The molecule has 3 aromatic heterocycles. The highest BCUT2D eigenvalue weighted by molar-refractivity contribution is 6.35. The first kappa shape index (κ1) is 25.6. The number of benzene rings is 2. The maximum atomic E-state index is 9.93. The molecule has 0 N–H and O–H groups in total. The van der Waals surface area contributed by atoms with Crippen LogP contribution < -0.4 is 9.47 Å². The van der Waals surface area contributed by atoms with Crippen LogP contribution in [0.1, 0.15) is 16.7 Å². The molecule has 2 aromatic carbocycles. The van der Waals surface area contributed by atoms with Crippen molar-refractivity contribution in [3.05, 3.63) is 98.9 Å². The van der Waals surface area contributed by atoms with Crippen molar-refractivity contribution in [2.75, 3.05) is 7.11 Å². The Hall–Kier alpha value is -4.09. The third-order valence-corrected chi connectivity index (χ3v) is 6.35. The third-order valence-electron chi connectivity index (χ3n) is 5.48. The van der Waals surface area contributed by atoms with Crippen molar-refractivity contribution in [3.8, 4) is 40.4 Å². The van der Waals surface area contributed by atoms with Crippen LogP contribution in [0.5, 0.6) is 11.5 Å². The van der Waals surface area contributed by atoms with E-state index < -0.39 is 0 Å². The zero-order valence-corrected chi connectivity index (χ0v) is 22.0. The van der Waals surface area contributed by atoms with E-state index in [1.807, 2.05) is 0 Å². The maximum Gasteiger partial charge on any atom is 0.238 e. The SMILES string of the molecule is COc1cc(C=Nc2oc(-c3ccco3)c(-c3ccco3)c2C#N)cc(Cl)c1OCc1ccc(Cl)cc1Cl. The number of ether oxygens (including phenoxy) is 2. The normalized spacial score (nSPS) is 11.1. The van der Waals surface area contributed by atoms with Crippen LogP contribution in [0.4, 0.5) is 5.88 Å². The average molecular weight is 568 g/mol. The molecule has 0 saturated carbocycles. The molecule has 0 aliphatic rings. The number of nitrogens with zero attached hydrogens (tertiary/aromatic N) is 2. The number of aliphatic imine (C=N–C) groups is 1. The molecule has 10 heteroatoms. The fraction of sp³-hybridized carbons (Fsp3) is 0.0714. The third kappa shape index (κ3) is 5.15. The zero-order valence-electron chi connectivity index (χ0n) is 19.7. The van der Waals surface area contributed by atoms with Gasteiger partial charge in [0.25, 0.3) is 0 Å². The van der Waals surface area contributed by atoms with Gasteiger partial charge in [-0.05, 0) is 54.1 Å². The van der Waals surface area contributed by atoms with Crippen LogP contribution in [0.15, 0.2) is 85.4 Å². The second-order valence-corrected chi connectivity index (χ2v) is 9.12. The second kappa shape index (κ2) is 11.1. The highest BCUT2D eigenvalue weighted by Crippen LogP contribution is 2.43. The minimum atomic E-state index is 0.0816. The van der Waals surface area contributed by atoms with E-state index in [1.165, 1.54) is 25.9 Å². The summed E-state index contributed by atoms with van der Waals surface area (Å²) in [6.45, 7) is 0.155. The van der Waals surface area contributed by atoms with E-state index in [4.69, 9.17) is 57.5 Å². The molecule has 0 bridgehead atoms. The predicted octanol–water partition coefficient (Wildman–Crippen LogP) is 8.97. The lowest BCUT2D eigenvalue weighted by Crippen LogP contribution is -2.00. The summed E-state index contributed by atoms with van der Waals surface area (Å²) in [6, 6.07) is 17.5. The lowest BCUT2D eigenvalue weighted by Gasteiger charge is -2.14. The van der Waals surface area contributed by atoms with Crippen molar-refractivity contribution in [1.82, 2.24) is 0 Å². The summed E-state index contributed by atoms with van der Waals surface area (Å²) in [4.78, 5) is 4.43. The minimum Gasteiger partial charge on any atom is -0.493 e. The first-order valence-corrected chi connectivity index (χ1v) is 12.2. The van der Waals surface area contributed by atoms with Gasteiger partial charge in [-0.3, -0.25) is 0 Å². The van der Waals surface area contributed by atoms with Gasteiger partial charge >= 0.3 is 0 Å². The Bertz CT molecular complexity index is 1650. The summed E-state index contributed by atoms with van der Waals surface area (Å²) in [7, 11) is 1.50. The number of methoxy groups -OCH3 is 1. The fourth-order valence-corrected chi connectivity index (χ4v) is 4.46. The molecule has 0 spiro atoms. The van der Waals surface area contributed by atoms with Gasteiger partial charge in [-0.15, -0.1) is 0 Å². The van der Waals surface area contributed by atoms with Crippen LogP contribution in [0.3, 0.4) is 0 Å². The molecule has 5 aromatic rings. The molecular weight excluding hydrogens is 551 g/mol. The van der Waals surface area contributed by atoms with Crippen LogP contribution >= 0.6 is 34.8 Å². The number of rotatable bonds is 8. The number of hydrogen-bond donors (Lipinski definition) is 0. The van der Waals surface area contributed by atoms with Crippen molar-refractivity contribution >= 4 is 46.9 Å². The Labute approximate surface area is 232 Å². The molecule has 0 aliphatic carbocycles. The standard InChI is InChI=1S/C28H17Cl3N2O5/c1-34-24-11-16(10-21(31)26(24)37-15-17-6-7-18(29)12-20(17)30)14-33-28-19(13-32)25(22-4-2-8-35-22)27(38-28)23-5-3-9-36-23/h2-12,14H,15H2,1H3. The zero-order chi connectivity index (χ0) is 26.6. The smallest absolute Gasteiger partial charge is 0.238 e. The van der Waals surface area contributed by atoms with Crippen molar-refractivity contribution < 1.29 is 22.7 Å². The Morgan fingerprint density at radius 1 is 0.974 bits per heavy atom. The molecule has 5 rings (SSSR count). The lowest BCUT2D eigenvalue weighted by molar-refractivity contribution is 0.285. The molecule has 0 amide bonds. The first-order valence-electron chi connectivity index (χ1n) is 11.1. The van der Waals surface area contributed by atoms with Crippen molar-refractivity contribution in [2.24, 2.45) is 4.99 Å². The summed E-state index contributed by atoms with van der Waals surface area (Å²) >= 11 is 18.7. The van der Waals surface area contributed by atoms with E-state index in [9.17, 15) is 5.26 Å². The minimum absolute atomic E-state index is 0.0816. The van der Waals surface area contributed by atoms with E-state index in [0.29, 0.717) is 55.0 Å². The second-order valence-electron chi connectivity index (χ2n) is 7.87. The summed E-state index contributed by atoms with van der Waals surface area (Å²) in [5.41, 5.74) is 1.96. The number of nitriles is 1. The van der Waals surface area contributed by atoms with Gasteiger partial charge in [-0.25, -0.2) is 4.99 Å². The average Bonchev–Trinajstić information content (AvgIpc) is 3.68. The largest absolute Gasteiger partial charge is 0.493 e. The summed E-state index contributed by atoms with van der Waals surface area (Å²) in [5.74, 6) is 2.02. The van der Waals surface area contributed by atoms with E-state index in [1.54, 1.807) is 54.6 Å². The van der Waals surface area contributed by atoms with Crippen LogP contribution in [-0.2, 0) is 6.61 Å². The molecule has 0 atom stereocenters. The van der Waals surface area contributed by atoms with Gasteiger partial charge < -0.3 is 22.7 Å². The van der Waals surface area contributed by atoms with Gasteiger partial charge in [0.2, 0.25) is 5.88 Å². The van der Waals surface area contributed by atoms with Gasteiger partial charge in [0.15, 0.2) is 23.0 Å². The summed E-state index contributed by atoms with van der Waals surface area (Å²) in [5, 5.41) is 11.2. The van der Waals surface area contributed by atoms with E-state index in [0.717, 1.165) is 5.56 Å². The monoisotopic (exact) mass is 566 g/mol. The van der Waals surface area contributed by atoms with Gasteiger partial charge in [-0.2, -0.15) is 5.26 Å². The molecule has 38 heavy (non-hydrogen) atoms. The Balaban J connectivity index is 1.46. The predicted molar refractivity (Wildman–Crippen MR) is 145 cm³/mol. The van der Waals surface area contributed by atoms with Crippen molar-refractivity contribution in [3.63, 3.8) is 0 Å². The summed E-state index contributed by atoms with van der Waals surface area (Å²) in [6.07, 6.45) is 4.53. The van der Waals surface area contributed by atoms with Gasteiger partial charge in [0.1, 0.15) is 24.0 Å². The fourth-order valence-electron chi connectivity index (χ4n) is 3.73. The molecule has 0 radical (unpaired) electrons. The number of furan rings is 3. The highest BCUT2D eigenvalue weighted by Gasteiger charge is 2.26. The highest BCUT2D eigenvalue weighted by atomic mass is 35.5. The number of hydrogen-bond acceptors (Lipinski definition) is 7. The van der Waals surface area contributed by atoms with Gasteiger partial charge in [0, 0.05) is 21.8 Å². The Morgan fingerprint density at radius 2 is 1.74 bits per heavy atom. The van der Waals surface area contributed by atoms with Crippen LogP contribution in [0, 0.1) is 11.3 Å². The quantitative estimate of drug-likeness (QED) is 0.174. The molecular formula is C28H17Cl3N2O5. The van der Waals surface area contributed by atoms with Crippen molar-refractivity contribution in [1.29, 1.82) is 5.26 Å². The maximum absolute atomic E-state index is 9.93. The molecule has 0 saturated heterocycles. The van der Waals surface area contributed by atoms with Gasteiger partial charge in [-0.1, -0.05) is 40.9 Å². The van der Waals surface area contributed by atoms with Crippen LogP contribution in [0.2, 0.25) is 15.1 Å². The lowest BCUT2D eigenvalue weighted by atomic mass is 10.1. The Kier molecular flexibility index (Phi) is 7.47. The van der Waals surface area contributed by atoms with Crippen LogP contribution in [0.25, 0.3) is 22.8 Å². The van der Waals surface area contributed by atoms with E-state index >= 15 is 0 Å². The van der Waals surface area contributed by atoms with E-state index in [-0.39, 0.29) is 18.1 Å². The first-order chi connectivity index (χ1) is 18.5. The molecule has 0 unspecified atom stereocenters. The molecule has 0 aliphatic heterocycles. The van der Waals surface area contributed by atoms with Crippen molar-refractivity contribution in [2.45, 2.75) is 6.61 Å². The topological polar surface area (TPSA) is 94.0 Å². The molecule has 3 heterocycles. The molecule has 190 valence electrons. The molecule has 7 nitrogen and oxygen atoms in total. The van der Waals surface area contributed by atoms with Gasteiger partial charge in [0.05, 0.1) is 30.2 Å². The Morgan fingerprint density at radius 3 is 2.39 bits per heavy atom. The van der Waals surface area contributed by atoms with Crippen LogP contribution in [-0.4, -0.2) is 13.3 Å².